The van der Waals surface area contributed by atoms with Gasteiger partial charge in [-0.2, -0.15) is 0 Å². The molecule has 1 unspecified atom stereocenters. The van der Waals surface area contributed by atoms with Crippen LogP contribution in [-0.4, -0.2) is 31.1 Å². The maximum atomic E-state index is 12.6. The van der Waals surface area contributed by atoms with E-state index in [0.717, 1.165) is 5.52 Å². The van der Waals surface area contributed by atoms with Gasteiger partial charge in [-0.25, -0.2) is 15.0 Å². The van der Waals surface area contributed by atoms with E-state index < -0.39 is 0 Å². The Morgan fingerprint density at radius 3 is 2.96 bits per heavy atom. The molecule has 0 aliphatic carbocycles. The van der Waals surface area contributed by atoms with Crippen LogP contribution in [0.1, 0.15) is 13.3 Å². The Kier molecular flexibility index (Phi) is 5.23. The number of aromatic nitrogens is 4. The maximum absolute atomic E-state index is 12.6. The molecule has 1 amide bonds. The Labute approximate surface area is 152 Å². The normalized spacial score (nSPS) is 12.3. The molecule has 0 fully saturated rings. The third-order valence-electron chi connectivity index (χ3n) is 3.31. The van der Waals surface area contributed by atoms with Crippen LogP contribution < -0.4 is 5.32 Å². The second-order valence-electron chi connectivity index (χ2n) is 4.89. The van der Waals surface area contributed by atoms with Crippen LogP contribution >= 0.6 is 35.0 Å². The van der Waals surface area contributed by atoms with E-state index in [1.807, 2.05) is 6.92 Å². The lowest BCUT2D eigenvalue weighted by atomic mass is 10.2. The standard InChI is InChI=1S/C15H13Cl2N5OS/c1-2-10(14(23)22-9-5-3-4-8(16)11(9)17)24-15-12-13(19-6-18-12)20-7-21-15/h3-7,10H,2H2,1H3,(H,22,23)(H,18,19,20,21). The number of hydrogen-bond acceptors (Lipinski definition) is 5. The first-order valence-corrected chi connectivity index (χ1v) is 8.79. The summed E-state index contributed by atoms with van der Waals surface area (Å²) in [5.41, 5.74) is 1.78. The van der Waals surface area contributed by atoms with Gasteiger partial charge in [-0.15, -0.1) is 0 Å². The molecule has 0 radical (unpaired) electrons. The fraction of sp³-hybridized carbons (Fsp3) is 0.200. The van der Waals surface area contributed by atoms with E-state index in [9.17, 15) is 4.79 Å². The van der Waals surface area contributed by atoms with Gasteiger partial charge in [0.1, 0.15) is 16.9 Å². The number of halogens is 2. The highest BCUT2D eigenvalue weighted by atomic mass is 35.5. The van der Waals surface area contributed by atoms with Crippen LogP contribution in [0.15, 0.2) is 35.9 Å². The summed E-state index contributed by atoms with van der Waals surface area (Å²) < 4.78 is 0. The number of nitrogens with zero attached hydrogens (tertiary/aromatic N) is 3. The van der Waals surface area contributed by atoms with Crippen molar-refractivity contribution in [2.75, 3.05) is 5.32 Å². The number of hydrogen-bond donors (Lipinski definition) is 2. The van der Waals surface area contributed by atoms with Gasteiger partial charge in [0.05, 0.1) is 27.3 Å². The zero-order valence-corrected chi connectivity index (χ0v) is 14.9. The van der Waals surface area contributed by atoms with Crippen LogP contribution in [0.4, 0.5) is 5.69 Å². The van der Waals surface area contributed by atoms with Gasteiger partial charge < -0.3 is 10.3 Å². The molecule has 2 N–H and O–H groups in total. The number of H-pyrrole nitrogens is 1. The quantitative estimate of drug-likeness (QED) is 0.511. The molecule has 2 aromatic heterocycles. The van der Waals surface area contributed by atoms with Crippen LogP contribution in [0.3, 0.4) is 0 Å². The fourth-order valence-corrected chi connectivity index (χ4v) is 3.43. The Morgan fingerprint density at radius 2 is 2.17 bits per heavy atom. The van der Waals surface area contributed by atoms with Crippen molar-refractivity contribution < 1.29 is 4.79 Å². The fourth-order valence-electron chi connectivity index (χ4n) is 2.10. The van der Waals surface area contributed by atoms with Gasteiger partial charge >= 0.3 is 0 Å². The van der Waals surface area contributed by atoms with Gasteiger partial charge in [0.15, 0.2) is 5.65 Å². The molecule has 124 valence electrons. The highest BCUT2D eigenvalue weighted by Gasteiger charge is 2.21. The molecule has 0 aliphatic rings. The molecular formula is C15H13Cl2N5OS. The van der Waals surface area contributed by atoms with Gasteiger partial charge in [0, 0.05) is 0 Å². The highest BCUT2D eigenvalue weighted by Crippen LogP contribution is 2.32. The van der Waals surface area contributed by atoms with Crippen molar-refractivity contribution in [3.63, 3.8) is 0 Å². The number of anilines is 1. The average Bonchev–Trinajstić information content (AvgIpc) is 3.06. The minimum Gasteiger partial charge on any atom is -0.341 e. The zero-order chi connectivity index (χ0) is 17.1. The maximum Gasteiger partial charge on any atom is 0.237 e. The summed E-state index contributed by atoms with van der Waals surface area (Å²) in [6.45, 7) is 1.93. The van der Waals surface area contributed by atoms with Crippen LogP contribution in [0.5, 0.6) is 0 Å². The Hall–Kier alpha value is -1.83. The molecule has 0 aliphatic heterocycles. The first-order valence-electron chi connectivity index (χ1n) is 7.15. The topological polar surface area (TPSA) is 83.6 Å². The van der Waals surface area contributed by atoms with Crippen molar-refractivity contribution >= 4 is 57.7 Å². The van der Waals surface area contributed by atoms with Crippen molar-refractivity contribution in [3.8, 4) is 0 Å². The molecule has 1 atom stereocenters. The van der Waals surface area contributed by atoms with Crippen LogP contribution in [0, 0.1) is 0 Å². The number of amides is 1. The van der Waals surface area contributed by atoms with Gasteiger partial charge in [0.2, 0.25) is 5.91 Å². The summed E-state index contributed by atoms with van der Waals surface area (Å²) in [4.78, 5) is 28.0. The molecule has 24 heavy (non-hydrogen) atoms. The highest BCUT2D eigenvalue weighted by molar-refractivity contribution is 8.00. The van der Waals surface area contributed by atoms with Crippen LogP contribution in [-0.2, 0) is 4.79 Å². The van der Waals surface area contributed by atoms with E-state index in [0.29, 0.717) is 32.8 Å². The zero-order valence-electron chi connectivity index (χ0n) is 12.6. The number of aromatic amines is 1. The molecule has 0 saturated carbocycles. The third kappa shape index (κ3) is 3.48. The molecule has 0 spiro atoms. The van der Waals surface area contributed by atoms with Gasteiger partial charge in [0.25, 0.3) is 0 Å². The first kappa shape index (κ1) is 17.0. The predicted octanol–water partition coefficient (Wildman–Crippen LogP) is 4.17. The molecule has 3 aromatic rings. The Bertz CT molecular complexity index is 885. The number of thioether (sulfide) groups is 1. The van der Waals surface area contributed by atoms with Gasteiger partial charge in [-0.3, -0.25) is 4.79 Å². The molecule has 3 rings (SSSR count). The van der Waals surface area contributed by atoms with Gasteiger partial charge in [-0.1, -0.05) is 48.0 Å². The van der Waals surface area contributed by atoms with Crippen molar-refractivity contribution in [2.45, 2.75) is 23.6 Å². The second kappa shape index (κ2) is 7.38. The van der Waals surface area contributed by atoms with E-state index in [1.165, 1.54) is 18.1 Å². The minimum absolute atomic E-state index is 0.169. The number of fused-ring (bicyclic) bond motifs is 1. The number of carbonyl (C=O) groups is 1. The van der Waals surface area contributed by atoms with Crippen molar-refractivity contribution in [1.29, 1.82) is 0 Å². The van der Waals surface area contributed by atoms with Gasteiger partial charge in [-0.05, 0) is 18.6 Å². The van der Waals surface area contributed by atoms with E-state index in [-0.39, 0.29) is 11.2 Å². The van der Waals surface area contributed by atoms with Crippen LogP contribution in [0.2, 0.25) is 10.0 Å². The molecular weight excluding hydrogens is 369 g/mol. The molecule has 0 bridgehead atoms. The Morgan fingerprint density at radius 1 is 1.33 bits per heavy atom. The largest absolute Gasteiger partial charge is 0.341 e. The van der Waals surface area contributed by atoms with Crippen molar-refractivity contribution in [1.82, 2.24) is 19.9 Å². The lowest BCUT2D eigenvalue weighted by molar-refractivity contribution is -0.115. The first-order chi connectivity index (χ1) is 11.6. The predicted molar refractivity (Wildman–Crippen MR) is 96.7 cm³/mol. The number of nitrogens with one attached hydrogen (secondary N) is 2. The molecule has 1 aromatic carbocycles. The molecule has 2 heterocycles. The van der Waals surface area contributed by atoms with Crippen LogP contribution in [0.25, 0.3) is 11.2 Å². The summed E-state index contributed by atoms with van der Waals surface area (Å²) in [5, 5.41) is 3.87. The molecule has 6 nitrogen and oxygen atoms in total. The Balaban J connectivity index is 1.80. The third-order valence-corrected chi connectivity index (χ3v) is 5.50. The SMILES string of the molecule is CCC(Sc1ncnc2nc[nH]c12)C(=O)Nc1cccc(Cl)c1Cl. The second-order valence-corrected chi connectivity index (χ2v) is 6.86. The molecule has 0 saturated heterocycles. The minimum atomic E-state index is -0.346. The summed E-state index contributed by atoms with van der Waals surface area (Å²) in [6.07, 6.45) is 3.61. The number of rotatable bonds is 5. The number of carbonyl (C=O) groups excluding carboxylic acids is 1. The molecule has 9 heteroatoms. The van der Waals surface area contributed by atoms with E-state index in [4.69, 9.17) is 23.2 Å². The van der Waals surface area contributed by atoms with E-state index in [2.05, 4.69) is 25.3 Å². The van der Waals surface area contributed by atoms with Crippen molar-refractivity contribution in [2.24, 2.45) is 0 Å². The van der Waals surface area contributed by atoms with E-state index in [1.54, 1.807) is 24.5 Å². The lowest BCUT2D eigenvalue weighted by Crippen LogP contribution is -2.24. The summed E-state index contributed by atoms with van der Waals surface area (Å²) in [5.74, 6) is -0.169. The number of benzene rings is 1. The van der Waals surface area contributed by atoms with E-state index >= 15 is 0 Å². The summed E-state index contributed by atoms with van der Waals surface area (Å²) in [6, 6.07) is 5.11. The summed E-state index contributed by atoms with van der Waals surface area (Å²) >= 11 is 13.4. The average molecular weight is 382 g/mol. The monoisotopic (exact) mass is 381 g/mol. The lowest BCUT2D eigenvalue weighted by Gasteiger charge is -2.15. The van der Waals surface area contributed by atoms with Crippen molar-refractivity contribution in [3.05, 3.63) is 40.9 Å². The smallest absolute Gasteiger partial charge is 0.237 e. The summed E-state index contributed by atoms with van der Waals surface area (Å²) in [7, 11) is 0. The number of imidazole rings is 1.